The highest BCUT2D eigenvalue weighted by molar-refractivity contribution is 5.51. The van der Waals surface area contributed by atoms with Gasteiger partial charge in [-0.3, -0.25) is 0 Å². The molecule has 0 aliphatic heterocycles. The molecule has 0 amide bonds. The molecule has 0 fully saturated rings. The largest absolute Gasteiger partial charge is 0.496 e. The molecule has 3 heteroatoms. The fraction of sp³-hybridized carbons (Fsp3) is 0.417. The summed E-state index contributed by atoms with van der Waals surface area (Å²) in [5.41, 5.74) is 1.56. The van der Waals surface area contributed by atoms with Crippen LogP contribution in [0.25, 0.3) is 0 Å². The topological polar surface area (TPSA) is 26.3 Å². The molecular weight excluding hydrogens is 195 g/mol. The van der Waals surface area contributed by atoms with Crippen molar-refractivity contribution in [2.24, 2.45) is 0 Å². The molecule has 0 radical (unpaired) electrons. The number of carbonyl (C=O) groups excluding carboxylic acids is 1. The molecule has 0 spiro atoms. The number of methoxy groups -OCH3 is 1. The van der Waals surface area contributed by atoms with Crippen LogP contribution in [0.1, 0.15) is 24.5 Å². The van der Waals surface area contributed by atoms with Gasteiger partial charge in [0.25, 0.3) is 0 Å². The molecule has 0 saturated heterocycles. The number of benzene rings is 1. The maximum Gasteiger partial charge on any atom is 0.130 e. The summed E-state index contributed by atoms with van der Waals surface area (Å²) in [6.07, 6.45) is 2.53. The minimum absolute atomic E-state index is 0.246. The molecule has 1 rings (SSSR count). The van der Waals surface area contributed by atoms with Gasteiger partial charge in [-0.2, -0.15) is 0 Å². The number of halogens is 1. The molecule has 0 N–H and O–H groups in total. The normalized spacial score (nSPS) is 10.1. The molecule has 82 valence electrons. The quantitative estimate of drug-likeness (QED) is 0.698. The van der Waals surface area contributed by atoms with Crippen LogP contribution < -0.4 is 4.74 Å². The van der Waals surface area contributed by atoms with Crippen molar-refractivity contribution in [2.75, 3.05) is 7.11 Å². The first-order valence-corrected chi connectivity index (χ1v) is 5.01. The lowest BCUT2D eigenvalue weighted by Crippen LogP contribution is -1.98. The smallest absolute Gasteiger partial charge is 0.130 e. The van der Waals surface area contributed by atoms with Gasteiger partial charge in [-0.05, 0) is 30.0 Å². The minimum atomic E-state index is -0.246. The fourth-order valence-corrected chi connectivity index (χ4v) is 1.52. The van der Waals surface area contributed by atoms with E-state index in [0.717, 1.165) is 11.8 Å². The number of aryl methyl sites for hydroxylation is 2. The van der Waals surface area contributed by atoms with Gasteiger partial charge in [0.05, 0.1) is 7.11 Å². The second-order valence-electron chi connectivity index (χ2n) is 3.31. The first-order chi connectivity index (χ1) is 7.22. The molecular formula is C12H15FO2. The molecule has 0 heterocycles. The van der Waals surface area contributed by atoms with E-state index in [4.69, 9.17) is 4.74 Å². The lowest BCUT2D eigenvalue weighted by atomic mass is 10.0. The number of rotatable bonds is 5. The van der Waals surface area contributed by atoms with Crippen molar-refractivity contribution in [1.82, 2.24) is 0 Å². The van der Waals surface area contributed by atoms with Crippen LogP contribution in [0.15, 0.2) is 12.1 Å². The van der Waals surface area contributed by atoms with Crippen LogP contribution in [0.2, 0.25) is 0 Å². The third-order valence-electron chi connectivity index (χ3n) is 2.36. The zero-order chi connectivity index (χ0) is 11.3. The Morgan fingerprint density at radius 1 is 1.40 bits per heavy atom. The van der Waals surface area contributed by atoms with Crippen LogP contribution >= 0.6 is 0 Å². The highest BCUT2D eigenvalue weighted by atomic mass is 19.1. The summed E-state index contributed by atoms with van der Waals surface area (Å²) in [5.74, 6) is 0.274. The summed E-state index contributed by atoms with van der Waals surface area (Å²) >= 11 is 0. The van der Waals surface area contributed by atoms with Gasteiger partial charge in [0.1, 0.15) is 17.9 Å². The number of hydrogen-bond acceptors (Lipinski definition) is 2. The Morgan fingerprint density at radius 2 is 2.13 bits per heavy atom. The van der Waals surface area contributed by atoms with Crippen molar-refractivity contribution in [1.29, 1.82) is 0 Å². The summed E-state index contributed by atoms with van der Waals surface area (Å²) in [6.45, 7) is 1.90. The van der Waals surface area contributed by atoms with E-state index in [2.05, 4.69) is 0 Å². The van der Waals surface area contributed by atoms with E-state index >= 15 is 0 Å². The fourth-order valence-electron chi connectivity index (χ4n) is 1.52. The van der Waals surface area contributed by atoms with Crippen molar-refractivity contribution in [3.8, 4) is 5.75 Å². The molecule has 0 aliphatic rings. The number of hydrogen-bond donors (Lipinski definition) is 0. The first kappa shape index (κ1) is 11.7. The molecule has 0 atom stereocenters. The van der Waals surface area contributed by atoms with Crippen molar-refractivity contribution in [2.45, 2.75) is 26.2 Å². The molecule has 0 bridgehead atoms. The first-order valence-electron chi connectivity index (χ1n) is 5.01. The second kappa shape index (κ2) is 5.49. The molecule has 1 aromatic carbocycles. The van der Waals surface area contributed by atoms with E-state index in [0.29, 0.717) is 30.6 Å². The van der Waals surface area contributed by atoms with Crippen LogP contribution in [0.5, 0.6) is 5.75 Å². The van der Waals surface area contributed by atoms with Crippen LogP contribution in [0, 0.1) is 5.82 Å². The van der Waals surface area contributed by atoms with E-state index in [9.17, 15) is 9.18 Å². The molecule has 0 aromatic heterocycles. The molecule has 15 heavy (non-hydrogen) atoms. The summed E-state index contributed by atoms with van der Waals surface area (Å²) in [7, 11) is 1.50. The summed E-state index contributed by atoms with van der Waals surface area (Å²) in [5, 5.41) is 0. The third kappa shape index (κ3) is 2.78. The van der Waals surface area contributed by atoms with Gasteiger partial charge in [0.15, 0.2) is 0 Å². The Labute approximate surface area is 89.1 Å². The van der Waals surface area contributed by atoms with E-state index in [1.807, 2.05) is 6.92 Å². The van der Waals surface area contributed by atoms with E-state index < -0.39 is 0 Å². The van der Waals surface area contributed by atoms with E-state index in [1.165, 1.54) is 13.2 Å². The molecule has 0 aliphatic carbocycles. The zero-order valence-electron chi connectivity index (χ0n) is 9.05. The van der Waals surface area contributed by atoms with Crippen molar-refractivity contribution < 1.29 is 13.9 Å². The Hall–Kier alpha value is -1.38. The van der Waals surface area contributed by atoms with Crippen LogP contribution in [-0.4, -0.2) is 13.4 Å². The Balaban J connectivity index is 3.04. The van der Waals surface area contributed by atoms with Crippen molar-refractivity contribution >= 4 is 6.29 Å². The average molecular weight is 210 g/mol. The number of aldehydes is 1. The van der Waals surface area contributed by atoms with Crippen molar-refractivity contribution in [3.05, 3.63) is 29.1 Å². The van der Waals surface area contributed by atoms with Gasteiger partial charge in [-0.25, -0.2) is 4.39 Å². The lowest BCUT2D eigenvalue weighted by molar-refractivity contribution is -0.107. The van der Waals surface area contributed by atoms with E-state index in [1.54, 1.807) is 6.07 Å². The van der Waals surface area contributed by atoms with Crippen LogP contribution in [0.4, 0.5) is 4.39 Å². The number of carbonyl (C=O) groups is 1. The Bertz CT molecular complexity index is 348. The van der Waals surface area contributed by atoms with Crippen LogP contribution in [0.3, 0.4) is 0 Å². The van der Waals surface area contributed by atoms with Gasteiger partial charge >= 0.3 is 0 Å². The highest BCUT2D eigenvalue weighted by Gasteiger charge is 2.08. The zero-order valence-corrected chi connectivity index (χ0v) is 9.05. The third-order valence-corrected chi connectivity index (χ3v) is 2.36. The number of ether oxygens (including phenoxy) is 1. The van der Waals surface area contributed by atoms with Gasteiger partial charge < -0.3 is 9.53 Å². The van der Waals surface area contributed by atoms with Gasteiger partial charge in [0, 0.05) is 12.5 Å². The molecule has 2 nitrogen and oxygen atoms in total. The standard InChI is InChI=1S/C12H15FO2/c1-3-9-7-10(5-4-6-14)12(15-2)8-11(9)13/h6-8H,3-5H2,1-2H3. The van der Waals surface area contributed by atoms with Crippen molar-refractivity contribution in [3.63, 3.8) is 0 Å². The average Bonchev–Trinajstić information content (AvgIpc) is 2.26. The predicted molar refractivity (Wildman–Crippen MR) is 56.7 cm³/mol. The lowest BCUT2D eigenvalue weighted by Gasteiger charge is -2.10. The monoisotopic (exact) mass is 210 g/mol. The summed E-state index contributed by atoms with van der Waals surface area (Å²) in [4.78, 5) is 10.3. The summed E-state index contributed by atoms with van der Waals surface area (Å²) < 4.78 is 18.5. The minimum Gasteiger partial charge on any atom is -0.496 e. The van der Waals surface area contributed by atoms with Gasteiger partial charge in [-0.15, -0.1) is 0 Å². The maximum atomic E-state index is 13.4. The maximum absolute atomic E-state index is 13.4. The molecule has 0 saturated carbocycles. The SMILES string of the molecule is CCc1cc(CCC=O)c(OC)cc1F. The Kier molecular flexibility index (Phi) is 4.28. The molecule has 1 aromatic rings. The van der Waals surface area contributed by atoms with Crippen LogP contribution in [-0.2, 0) is 17.6 Å². The van der Waals surface area contributed by atoms with E-state index in [-0.39, 0.29) is 5.82 Å². The Morgan fingerprint density at radius 3 is 2.67 bits per heavy atom. The van der Waals surface area contributed by atoms with Gasteiger partial charge in [-0.1, -0.05) is 6.92 Å². The second-order valence-corrected chi connectivity index (χ2v) is 3.31. The molecule has 0 unspecified atom stereocenters. The summed E-state index contributed by atoms with van der Waals surface area (Å²) in [6, 6.07) is 3.16. The highest BCUT2D eigenvalue weighted by Crippen LogP contribution is 2.24. The van der Waals surface area contributed by atoms with Gasteiger partial charge in [0.2, 0.25) is 0 Å². The predicted octanol–water partition coefficient (Wildman–Crippen LogP) is 2.53.